The van der Waals surface area contributed by atoms with E-state index in [4.69, 9.17) is 11.2 Å². The van der Waals surface area contributed by atoms with E-state index in [-0.39, 0.29) is 12.5 Å². The van der Waals surface area contributed by atoms with Gasteiger partial charge in [-0.15, -0.1) is 11.4 Å². The van der Waals surface area contributed by atoms with Crippen molar-refractivity contribution in [3.63, 3.8) is 0 Å². The molecule has 1 aliphatic heterocycles. The number of nitrogens with one attached hydrogen (secondary N) is 1. The lowest BCUT2D eigenvalue weighted by molar-refractivity contribution is -0.132. The Hall–Kier alpha value is -2.81. The Labute approximate surface area is 140 Å². The van der Waals surface area contributed by atoms with Crippen LogP contribution < -0.4 is 10.1 Å². The molecule has 0 bridgehead atoms. The monoisotopic (exact) mass is 325 g/mol. The van der Waals surface area contributed by atoms with Gasteiger partial charge in [0.2, 0.25) is 0 Å². The molecule has 6 nitrogen and oxygen atoms in total. The van der Waals surface area contributed by atoms with Crippen LogP contribution in [0.3, 0.4) is 0 Å². The highest BCUT2D eigenvalue weighted by molar-refractivity contribution is 6.07. The molecular formula is C18H19N3O3. The zero-order valence-electron chi connectivity index (χ0n) is 13.3. The van der Waals surface area contributed by atoms with Crippen LogP contribution in [0.25, 0.3) is 0 Å². The predicted molar refractivity (Wildman–Crippen MR) is 89.6 cm³/mol. The third-order valence-electron chi connectivity index (χ3n) is 4.39. The Morgan fingerprint density at radius 3 is 2.79 bits per heavy atom. The van der Waals surface area contributed by atoms with Gasteiger partial charge in [0.1, 0.15) is 17.9 Å². The van der Waals surface area contributed by atoms with Crippen LogP contribution in [0.15, 0.2) is 29.4 Å². The summed E-state index contributed by atoms with van der Waals surface area (Å²) in [5.74, 6) is 2.68. The van der Waals surface area contributed by atoms with Crippen LogP contribution in [0.4, 0.5) is 4.79 Å². The number of urea groups is 1. The van der Waals surface area contributed by atoms with Gasteiger partial charge < -0.3 is 10.1 Å². The number of terminal acetylenes is 1. The molecule has 3 amide bonds. The molecule has 0 unspecified atom stereocenters. The number of para-hydroxylation sites is 1. The summed E-state index contributed by atoms with van der Waals surface area (Å²) < 4.78 is 5.43. The molecule has 6 heteroatoms. The third-order valence-corrected chi connectivity index (χ3v) is 4.39. The number of hydrazone groups is 1. The molecule has 1 spiro atoms. The highest BCUT2D eigenvalue weighted by atomic mass is 16.5. The minimum absolute atomic E-state index is 0.136. The molecule has 2 fully saturated rings. The molecule has 2 aliphatic rings. The van der Waals surface area contributed by atoms with Gasteiger partial charge in [-0.1, -0.05) is 37.3 Å². The Morgan fingerprint density at radius 2 is 2.04 bits per heavy atom. The Balaban J connectivity index is 1.79. The third kappa shape index (κ3) is 2.98. The van der Waals surface area contributed by atoms with Crippen LogP contribution in [0.2, 0.25) is 0 Å². The number of ether oxygens (including phenoxy) is 1. The molecular weight excluding hydrogens is 306 g/mol. The van der Waals surface area contributed by atoms with E-state index >= 15 is 0 Å². The predicted octanol–water partition coefficient (Wildman–Crippen LogP) is 2.29. The molecule has 24 heavy (non-hydrogen) atoms. The zero-order chi connectivity index (χ0) is 17.0. The van der Waals surface area contributed by atoms with Crippen LogP contribution in [-0.2, 0) is 4.79 Å². The van der Waals surface area contributed by atoms with Crippen molar-refractivity contribution >= 4 is 18.2 Å². The highest BCUT2D eigenvalue weighted by Gasteiger charge is 2.51. The average Bonchev–Trinajstić information content (AvgIpc) is 2.82. The van der Waals surface area contributed by atoms with E-state index in [0.29, 0.717) is 24.2 Å². The minimum atomic E-state index is -0.772. The van der Waals surface area contributed by atoms with Crippen molar-refractivity contribution in [2.45, 2.75) is 37.6 Å². The van der Waals surface area contributed by atoms with Crippen LogP contribution in [0.5, 0.6) is 5.75 Å². The molecule has 3 rings (SSSR count). The fourth-order valence-corrected chi connectivity index (χ4v) is 3.16. The maximum atomic E-state index is 12.6. The number of rotatable bonds is 4. The number of carbonyl (C=O) groups excluding carboxylic acids is 2. The second-order valence-corrected chi connectivity index (χ2v) is 5.97. The average molecular weight is 325 g/mol. The molecule has 0 aromatic heterocycles. The number of hydrogen-bond donors (Lipinski definition) is 1. The van der Waals surface area contributed by atoms with Gasteiger partial charge in [-0.2, -0.15) is 5.10 Å². The summed E-state index contributed by atoms with van der Waals surface area (Å²) >= 11 is 0. The van der Waals surface area contributed by atoms with E-state index in [1.165, 1.54) is 6.21 Å². The van der Waals surface area contributed by atoms with Crippen molar-refractivity contribution < 1.29 is 14.3 Å². The topological polar surface area (TPSA) is 71.0 Å². The SMILES string of the molecule is C#CCOc1ccccc1/C=N\N1C(=O)NC2(CCCCC2)C1=O. The van der Waals surface area contributed by atoms with Gasteiger partial charge in [0.05, 0.1) is 6.21 Å². The molecule has 1 aromatic rings. The lowest BCUT2D eigenvalue weighted by Gasteiger charge is -2.29. The van der Waals surface area contributed by atoms with Crippen molar-refractivity contribution in [3.05, 3.63) is 29.8 Å². The van der Waals surface area contributed by atoms with Gasteiger partial charge in [0.15, 0.2) is 0 Å². The fourth-order valence-electron chi connectivity index (χ4n) is 3.16. The summed E-state index contributed by atoms with van der Waals surface area (Å²) in [6.45, 7) is 0.136. The first-order valence-corrected chi connectivity index (χ1v) is 8.02. The molecule has 1 aromatic carbocycles. The van der Waals surface area contributed by atoms with Crippen LogP contribution in [0.1, 0.15) is 37.7 Å². The van der Waals surface area contributed by atoms with Crippen molar-refractivity contribution in [1.82, 2.24) is 10.3 Å². The molecule has 0 atom stereocenters. The second kappa shape index (κ2) is 6.75. The van der Waals surface area contributed by atoms with Crippen LogP contribution in [-0.4, -0.2) is 35.3 Å². The lowest BCUT2D eigenvalue weighted by atomic mass is 9.82. The summed E-state index contributed by atoms with van der Waals surface area (Å²) in [6.07, 6.45) is 11.0. The summed E-state index contributed by atoms with van der Waals surface area (Å²) in [6, 6.07) is 6.70. The molecule has 124 valence electrons. The van der Waals surface area contributed by atoms with E-state index in [1.807, 2.05) is 12.1 Å². The number of imide groups is 1. The molecule has 1 saturated carbocycles. The van der Waals surface area contributed by atoms with E-state index in [9.17, 15) is 9.59 Å². The Morgan fingerprint density at radius 1 is 1.29 bits per heavy atom. The molecule has 0 radical (unpaired) electrons. The largest absolute Gasteiger partial charge is 0.480 e. The van der Waals surface area contributed by atoms with Crippen molar-refractivity contribution in [3.8, 4) is 18.1 Å². The van der Waals surface area contributed by atoms with Gasteiger partial charge in [-0.25, -0.2) is 4.79 Å². The van der Waals surface area contributed by atoms with Crippen LogP contribution >= 0.6 is 0 Å². The fraction of sp³-hybridized carbons (Fsp3) is 0.389. The van der Waals surface area contributed by atoms with Crippen molar-refractivity contribution in [2.24, 2.45) is 5.10 Å². The van der Waals surface area contributed by atoms with Gasteiger partial charge in [0.25, 0.3) is 5.91 Å². The van der Waals surface area contributed by atoms with E-state index in [0.717, 1.165) is 24.3 Å². The number of carbonyl (C=O) groups is 2. The quantitative estimate of drug-likeness (QED) is 0.524. The Bertz CT molecular complexity index is 714. The first-order valence-electron chi connectivity index (χ1n) is 8.02. The summed E-state index contributed by atoms with van der Waals surface area (Å²) in [5.41, 5.74) is -0.121. The minimum Gasteiger partial charge on any atom is -0.480 e. The Kier molecular flexibility index (Phi) is 4.52. The number of nitrogens with zero attached hydrogens (tertiary/aromatic N) is 2. The van der Waals surface area contributed by atoms with Crippen molar-refractivity contribution in [2.75, 3.05) is 6.61 Å². The highest BCUT2D eigenvalue weighted by Crippen LogP contribution is 2.33. The zero-order valence-corrected chi connectivity index (χ0v) is 13.3. The number of hydrogen-bond acceptors (Lipinski definition) is 4. The maximum absolute atomic E-state index is 12.6. The second-order valence-electron chi connectivity index (χ2n) is 5.97. The molecule has 1 aliphatic carbocycles. The first kappa shape index (κ1) is 16.1. The number of amides is 3. The first-order chi connectivity index (χ1) is 11.7. The summed E-state index contributed by atoms with van der Waals surface area (Å²) in [5, 5.41) is 7.83. The summed E-state index contributed by atoms with van der Waals surface area (Å²) in [7, 11) is 0. The van der Waals surface area contributed by atoms with Gasteiger partial charge in [0, 0.05) is 5.56 Å². The molecule has 1 saturated heterocycles. The standard InChI is InChI=1S/C18H19N3O3/c1-2-12-24-15-9-5-4-8-14(15)13-19-21-16(22)18(20-17(21)23)10-6-3-7-11-18/h1,4-5,8-9,13H,3,6-7,10-12H2,(H,20,23)/b19-13-. The van der Waals surface area contributed by atoms with E-state index < -0.39 is 11.6 Å². The van der Waals surface area contributed by atoms with E-state index in [1.54, 1.807) is 12.1 Å². The van der Waals surface area contributed by atoms with E-state index in [2.05, 4.69) is 16.3 Å². The van der Waals surface area contributed by atoms with Gasteiger partial charge in [-0.3, -0.25) is 4.79 Å². The van der Waals surface area contributed by atoms with Crippen molar-refractivity contribution in [1.29, 1.82) is 0 Å². The summed E-state index contributed by atoms with van der Waals surface area (Å²) in [4.78, 5) is 24.8. The molecule has 1 heterocycles. The van der Waals surface area contributed by atoms with Crippen LogP contribution in [0, 0.1) is 12.3 Å². The maximum Gasteiger partial charge on any atom is 0.346 e. The lowest BCUT2D eigenvalue weighted by Crippen LogP contribution is -2.48. The van der Waals surface area contributed by atoms with Gasteiger partial charge in [-0.05, 0) is 25.0 Å². The normalized spacial score (nSPS) is 19.5. The van der Waals surface area contributed by atoms with Gasteiger partial charge >= 0.3 is 6.03 Å². The molecule has 1 N–H and O–H groups in total. The number of benzene rings is 1. The smallest absolute Gasteiger partial charge is 0.346 e.